The van der Waals surface area contributed by atoms with Crippen LogP contribution in [0.1, 0.15) is 22.3 Å². The second kappa shape index (κ2) is 10.3. The standard InChI is InChI=1S/C20H23N3O3S/c1-26-17-9-7-16(8-10-17)19(25)22-20(27)23(14-12-18(21)24)13-11-15-5-3-2-4-6-15/h2-10H,11-14H2,1H3,(H2,21,24)(H,22,25,27). The molecule has 0 saturated carbocycles. The maximum absolute atomic E-state index is 12.4. The Morgan fingerprint density at radius 3 is 2.33 bits per heavy atom. The summed E-state index contributed by atoms with van der Waals surface area (Å²) in [6, 6.07) is 16.7. The number of carbonyl (C=O) groups is 2. The Bertz CT molecular complexity index is 779. The van der Waals surface area contributed by atoms with Gasteiger partial charge in [-0.3, -0.25) is 14.9 Å². The molecule has 0 spiro atoms. The van der Waals surface area contributed by atoms with Gasteiger partial charge < -0.3 is 15.4 Å². The molecule has 27 heavy (non-hydrogen) atoms. The van der Waals surface area contributed by atoms with Crippen LogP contribution < -0.4 is 15.8 Å². The summed E-state index contributed by atoms with van der Waals surface area (Å²) in [4.78, 5) is 25.4. The fourth-order valence-corrected chi connectivity index (χ4v) is 2.73. The molecule has 2 aromatic carbocycles. The van der Waals surface area contributed by atoms with Crippen LogP contribution in [0.4, 0.5) is 0 Å². The lowest BCUT2D eigenvalue weighted by molar-refractivity contribution is -0.118. The number of nitrogens with zero attached hydrogens (tertiary/aromatic N) is 1. The van der Waals surface area contributed by atoms with Gasteiger partial charge in [-0.25, -0.2) is 0 Å². The Labute approximate surface area is 164 Å². The minimum absolute atomic E-state index is 0.160. The lowest BCUT2D eigenvalue weighted by Gasteiger charge is -2.25. The Morgan fingerprint density at radius 1 is 1.07 bits per heavy atom. The van der Waals surface area contributed by atoms with Gasteiger partial charge >= 0.3 is 0 Å². The van der Waals surface area contributed by atoms with Crippen LogP contribution in [0.15, 0.2) is 54.6 Å². The van der Waals surface area contributed by atoms with Gasteiger partial charge in [0.2, 0.25) is 5.91 Å². The van der Waals surface area contributed by atoms with Gasteiger partial charge in [0.15, 0.2) is 5.11 Å². The van der Waals surface area contributed by atoms with E-state index in [2.05, 4.69) is 5.32 Å². The molecule has 0 unspecified atom stereocenters. The van der Waals surface area contributed by atoms with Crippen LogP contribution in [0.25, 0.3) is 0 Å². The third-order valence-corrected chi connectivity index (χ3v) is 4.36. The molecule has 3 N–H and O–H groups in total. The first-order valence-electron chi connectivity index (χ1n) is 8.56. The van der Waals surface area contributed by atoms with E-state index in [-0.39, 0.29) is 17.4 Å². The quantitative estimate of drug-likeness (QED) is 0.680. The molecule has 0 aliphatic heterocycles. The van der Waals surface area contributed by atoms with E-state index in [1.54, 1.807) is 36.3 Å². The lowest BCUT2D eigenvalue weighted by Crippen LogP contribution is -2.44. The van der Waals surface area contributed by atoms with E-state index in [4.69, 9.17) is 22.7 Å². The summed E-state index contributed by atoms with van der Waals surface area (Å²) in [6.45, 7) is 0.920. The molecular weight excluding hydrogens is 362 g/mol. The van der Waals surface area contributed by atoms with E-state index in [0.29, 0.717) is 24.4 Å². The molecule has 7 heteroatoms. The Balaban J connectivity index is 2.00. The molecule has 0 heterocycles. The second-order valence-corrected chi connectivity index (χ2v) is 6.31. The zero-order valence-electron chi connectivity index (χ0n) is 15.2. The van der Waals surface area contributed by atoms with Crippen LogP contribution >= 0.6 is 12.2 Å². The predicted octanol–water partition coefficient (Wildman–Crippen LogP) is 2.13. The van der Waals surface area contributed by atoms with E-state index in [1.165, 1.54) is 0 Å². The van der Waals surface area contributed by atoms with Crippen molar-refractivity contribution in [2.45, 2.75) is 12.8 Å². The molecule has 0 aliphatic carbocycles. The van der Waals surface area contributed by atoms with E-state index < -0.39 is 5.91 Å². The topological polar surface area (TPSA) is 84.7 Å². The summed E-state index contributed by atoms with van der Waals surface area (Å²) in [5.41, 5.74) is 6.87. The van der Waals surface area contributed by atoms with Crippen molar-refractivity contribution in [3.8, 4) is 5.75 Å². The SMILES string of the molecule is COc1ccc(C(=O)NC(=S)N(CCC(N)=O)CCc2ccccc2)cc1. The number of nitrogens with one attached hydrogen (secondary N) is 1. The fraction of sp³-hybridized carbons (Fsp3) is 0.250. The highest BCUT2D eigenvalue weighted by Gasteiger charge is 2.15. The van der Waals surface area contributed by atoms with Crippen molar-refractivity contribution in [2.24, 2.45) is 5.73 Å². The third-order valence-electron chi connectivity index (χ3n) is 4.00. The molecule has 2 aromatic rings. The number of rotatable bonds is 8. The molecule has 0 bridgehead atoms. The van der Waals surface area contributed by atoms with Gasteiger partial charge in [-0.15, -0.1) is 0 Å². The molecule has 0 atom stereocenters. The van der Waals surface area contributed by atoms with Gasteiger partial charge in [0.05, 0.1) is 7.11 Å². The van der Waals surface area contributed by atoms with E-state index in [9.17, 15) is 9.59 Å². The van der Waals surface area contributed by atoms with Crippen LogP contribution in [-0.4, -0.2) is 42.0 Å². The molecular formula is C20H23N3O3S. The molecule has 0 radical (unpaired) electrons. The molecule has 6 nitrogen and oxygen atoms in total. The van der Waals surface area contributed by atoms with Crippen molar-refractivity contribution in [1.82, 2.24) is 10.2 Å². The minimum atomic E-state index is -0.413. The first kappa shape index (κ1) is 20.4. The minimum Gasteiger partial charge on any atom is -0.497 e. The number of benzene rings is 2. The fourth-order valence-electron chi connectivity index (χ4n) is 2.46. The van der Waals surface area contributed by atoms with Gasteiger partial charge in [-0.1, -0.05) is 30.3 Å². The Kier molecular flexibility index (Phi) is 7.76. The number of methoxy groups -OCH3 is 1. The lowest BCUT2D eigenvalue weighted by atomic mass is 10.1. The van der Waals surface area contributed by atoms with Gasteiger partial charge in [0, 0.05) is 25.1 Å². The summed E-state index contributed by atoms with van der Waals surface area (Å²) < 4.78 is 5.09. The Hall–Kier alpha value is -2.93. The zero-order chi connectivity index (χ0) is 19.6. The van der Waals surface area contributed by atoms with Gasteiger partial charge in [0.1, 0.15) is 5.75 Å². The van der Waals surface area contributed by atoms with Gasteiger partial charge in [-0.05, 0) is 48.5 Å². The van der Waals surface area contributed by atoms with Crippen LogP contribution in [0.2, 0.25) is 0 Å². The molecule has 0 saturated heterocycles. The molecule has 2 amide bonds. The number of ether oxygens (including phenoxy) is 1. The number of carbonyl (C=O) groups excluding carboxylic acids is 2. The summed E-state index contributed by atoms with van der Waals surface area (Å²) >= 11 is 5.38. The van der Waals surface area contributed by atoms with Crippen LogP contribution in [-0.2, 0) is 11.2 Å². The van der Waals surface area contributed by atoms with Crippen molar-refractivity contribution >= 4 is 29.1 Å². The smallest absolute Gasteiger partial charge is 0.257 e. The van der Waals surface area contributed by atoms with Crippen LogP contribution in [0.3, 0.4) is 0 Å². The van der Waals surface area contributed by atoms with Crippen molar-refractivity contribution < 1.29 is 14.3 Å². The Morgan fingerprint density at radius 2 is 1.74 bits per heavy atom. The summed E-state index contributed by atoms with van der Waals surface area (Å²) in [5, 5.41) is 2.99. The average molecular weight is 385 g/mol. The average Bonchev–Trinajstić information content (AvgIpc) is 2.68. The summed E-state index contributed by atoms with van der Waals surface area (Å²) in [5.74, 6) is -0.0597. The number of nitrogens with two attached hydrogens (primary N) is 1. The molecule has 142 valence electrons. The largest absolute Gasteiger partial charge is 0.497 e. The highest BCUT2D eigenvalue weighted by molar-refractivity contribution is 7.80. The molecule has 0 fully saturated rings. The molecule has 2 rings (SSSR count). The highest BCUT2D eigenvalue weighted by atomic mass is 32.1. The number of amides is 2. The van der Waals surface area contributed by atoms with Crippen molar-refractivity contribution in [1.29, 1.82) is 0 Å². The normalized spacial score (nSPS) is 10.1. The van der Waals surface area contributed by atoms with E-state index >= 15 is 0 Å². The van der Waals surface area contributed by atoms with Crippen LogP contribution in [0.5, 0.6) is 5.75 Å². The van der Waals surface area contributed by atoms with Crippen molar-refractivity contribution in [2.75, 3.05) is 20.2 Å². The number of hydrogen-bond donors (Lipinski definition) is 2. The first-order valence-corrected chi connectivity index (χ1v) is 8.97. The molecule has 0 aliphatic rings. The second-order valence-electron chi connectivity index (χ2n) is 5.93. The first-order chi connectivity index (χ1) is 13.0. The van der Waals surface area contributed by atoms with Crippen molar-refractivity contribution in [3.63, 3.8) is 0 Å². The highest BCUT2D eigenvalue weighted by Crippen LogP contribution is 2.11. The van der Waals surface area contributed by atoms with Gasteiger partial charge in [-0.2, -0.15) is 0 Å². The van der Waals surface area contributed by atoms with Crippen LogP contribution in [0, 0.1) is 0 Å². The van der Waals surface area contributed by atoms with Crippen molar-refractivity contribution in [3.05, 3.63) is 65.7 Å². The maximum Gasteiger partial charge on any atom is 0.257 e. The predicted molar refractivity (Wildman–Crippen MR) is 109 cm³/mol. The summed E-state index contributed by atoms with van der Waals surface area (Å²) in [6.07, 6.45) is 0.894. The van der Waals surface area contributed by atoms with E-state index in [1.807, 2.05) is 30.3 Å². The molecule has 0 aromatic heterocycles. The summed E-state index contributed by atoms with van der Waals surface area (Å²) in [7, 11) is 1.56. The monoisotopic (exact) mass is 385 g/mol. The number of hydrogen-bond acceptors (Lipinski definition) is 4. The number of primary amides is 1. The van der Waals surface area contributed by atoms with E-state index in [0.717, 1.165) is 12.0 Å². The third kappa shape index (κ3) is 6.71. The van der Waals surface area contributed by atoms with Gasteiger partial charge in [0.25, 0.3) is 5.91 Å². The number of thiocarbonyl (C=S) groups is 1. The zero-order valence-corrected chi connectivity index (χ0v) is 16.0. The maximum atomic E-state index is 12.4.